The van der Waals surface area contributed by atoms with Crippen molar-refractivity contribution in [1.82, 2.24) is 0 Å². The molecule has 0 N–H and O–H groups in total. The van der Waals surface area contributed by atoms with Gasteiger partial charge in [-0.1, -0.05) is 12.1 Å². The van der Waals surface area contributed by atoms with Crippen molar-refractivity contribution in [3.8, 4) is 0 Å². The van der Waals surface area contributed by atoms with Crippen LogP contribution < -0.4 is 0 Å². The van der Waals surface area contributed by atoms with Gasteiger partial charge in [-0.25, -0.2) is 4.21 Å². The molecule has 1 unspecified atom stereocenters. The maximum Gasteiger partial charge on any atom is 0.302 e. The summed E-state index contributed by atoms with van der Waals surface area (Å²) in [5.41, 5.74) is 2.85. The quantitative estimate of drug-likeness (QED) is 0.738. The first-order valence-corrected chi connectivity index (χ1v) is 6.15. The van der Waals surface area contributed by atoms with E-state index < -0.39 is 10.8 Å². The van der Waals surface area contributed by atoms with Crippen LogP contribution in [-0.2, 0) is 20.3 Å². The molecule has 0 saturated heterocycles. The van der Waals surface area contributed by atoms with Crippen molar-refractivity contribution in [1.29, 1.82) is 0 Å². The molecule has 0 aliphatic carbocycles. The van der Waals surface area contributed by atoms with Gasteiger partial charge >= 0.3 is 5.97 Å². The molecule has 0 fully saturated rings. The largest absolute Gasteiger partial charge is 0.461 e. The second-order valence-corrected chi connectivity index (χ2v) is 4.94. The molecule has 84 valence electrons. The van der Waals surface area contributed by atoms with Gasteiger partial charge in [-0.3, -0.25) is 4.79 Å². The first-order valence-electron chi connectivity index (χ1n) is 4.94. The van der Waals surface area contributed by atoms with Gasteiger partial charge in [0.15, 0.2) is 0 Å². The first-order chi connectivity index (χ1) is 7.59. The summed E-state index contributed by atoms with van der Waals surface area (Å²) in [6, 6.07) is 5.69. The van der Waals surface area contributed by atoms with Gasteiger partial charge in [0.05, 0.1) is 15.7 Å². The molecule has 16 heavy (non-hydrogen) atoms. The Bertz CT molecular complexity index is 503. The Hall–Kier alpha value is -1.42. The van der Waals surface area contributed by atoms with E-state index in [1.807, 2.05) is 25.1 Å². The smallest absolute Gasteiger partial charge is 0.302 e. The van der Waals surface area contributed by atoms with E-state index in [0.29, 0.717) is 0 Å². The van der Waals surface area contributed by atoms with Crippen LogP contribution in [0.4, 0.5) is 0 Å². The van der Waals surface area contributed by atoms with E-state index in [-0.39, 0.29) is 12.6 Å². The molecule has 0 saturated carbocycles. The third-order valence-corrected chi connectivity index (χ3v) is 3.72. The predicted octanol–water partition coefficient (Wildman–Crippen LogP) is 2.02. The summed E-state index contributed by atoms with van der Waals surface area (Å²) >= 11 is 0. The van der Waals surface area contributed by atoms with Crippen LogP contribution in [0, 0.1) is 6.92 Å². The number of hydrogen-bond acceptors (Lipinski definition) is 3. The maximum atomic E-state index is 11.8. The standard InChI is InChI=1S/C12H12O3S/c1-8-4-3-5-11-12(8)10(7-16(11)14)6-15-9(2)13/h3-5,7H,6H2,1-2H3. The van der Waals surface area contributed by atoms with Crippen molar-refractivity contribution >= 4 is 22.3 Å². The zero-order valence-corrected chi connectivity index (χ0v) is 9.97. The number of rotatable bonds is 2. The molecule has 3 nitrogen and oxygen atoms in total. The lowest BCUT2D eigenvalue weighted by atomic mass is 10.0. The molecular formula is C12H12O3S. The number of hydrogen-bond donors (Lipinski definition) is 0. The Morgan fingerprint density at radius 3 is 2.88 bits per heavy atom. The minimum absolute atomic E-state index is 0.193. The van der Waals surface area contributed by atoms with Gasteiger partial charge in [-0.15, -0.1) is 0 Å². The van der Waals surface area contributed by atoms with Gasteiger partial charge in [0, 0.05) is 23.5 Å². The van der Waals surface area contributed by atoms with Crippen LogP contribution >= 0.6 is 0 Å². The van der Waals surface area contributed by atoms with Crippen LogP contribution in [0.1, 0.15) is 18.1 Å². The van der Waals surface area contributed by atoms with Crippen LogP contribution in [-0.4, -0.2) is 16.8 Å². The number of aryl methyl sites for hydroxylation is 1. The van der Waals surface area contributed by atoms with E-state index in [4.69, 9.17) is 4.74 Å². The fraction of sp³-hybridized carbons (Fsp3) is 0.250. The van der Waals surface area contributed by atoms with Crippen molar-refractivity contribution in [2.75, 3.05) is 6.61 Å². The highest BCUT2D eigenvalue weighted by molar-refractivity contribution is 7.88. The van der Waals surface area contributed by atoms with E-state index >= 15 is 0 Å². The van der Waals surface area contributed by atoms with Gasteiger partial charge in [0.2, 0.25) is 0 Å². The fourth-order valence-electron chi connectivity index (χ4n) is 1.76. The van der Waals surface area contributed by atoms with Crippen LogP contribution in [0.5, 0.6) is 0 Å². The summed E-state index contributed by atoms with van der Waals surface area (Å²) in [5, 5.41) is 1.65. The summed E-state index contributed by atoms with van der Waals surface area (Å²) in [5.74, 6) is -0.325. The second kappa shape index (κ2) is 4.22. The van der Waals surface area contributed by atoms with Crippen molar-refractivity contribution in [3.05, 3.63) is 34.7 Å². The zero-order chi connectivity index (χ0) is 11.7. The predicted molar refractivity (Wildman–Crippen MR) is 62.2 cm³/mol. The zero-order valence-electron chi connectivity index (χ0n) is 9.15. The molecule has 4 heteroatoms. The SMILES string of the molecule is CC(=O)OCC1=CS(=O)c2cccc(C)c21. The van der Waals surface area contributed by atoms with Crippen LogP contribution in [0.3, 0.4) is 0 Å². The average molecular weight is 236 g/mol. The number of carbonyl (C=O) groups excluding carboxylic acids is 1. The highest BCUT2D eigenvalue weighted by Gasteiger charge is 2.22. The number of ether oxygens (including phenoxy) is 1. The van der Waals surface area contributed by atoms with E-state index in [9.17, 15) is 9.00 Å². The van der Waals surface area contributed by atoms with E-state index in [1.54, 1.807) is 5.41 Å². The Morgan fingerprint density at radius 2 is 2.19 bits per heavy atom. The molecule has 2 rings (SSSR count). The summed E-state index contributed by atoms with van der Waals surface area (Å²) in [4.78, 5) is 11.6. The van der Waals surface area contributed by atoms with Crippen LogP contribution in [0.2, 0.25) is 0 Å². The first kappa shape index (κ1) is 11.1. The van der Waals surface area contributed by atoms with E-state index in [1.165, 1.54) is 6.92 Å². The number of benzene rings is 1. The van der Waals surface area contributed by atoms with Crippen molar-refractivity contribution in [3.63, 3.8) is 0 Å². The topological polar surface area (TPSA) is 43.4 Å². The van der Waals surface area contributed by atoms with Crippen molar-refractivity contribution in [2.45, 2.75) is 18.7 Å². The highest BCUT2D eigenvalue weighted by atomic mass is 32.2. The molecule has 0 spiro atoms. The summed E-state index contributed by atoms with van der Waals surface area (Å²) in [6.45, 7) is 3.52. The summed E-state index contributed by atoms with van der Waals surface area (Å²) in [6.07, 6.45) is 0. The van der Waals surface area contributed by atoms with Gasteiger partial charge in [0.1, 0.15) is 6.61 Å². The molecule has 1 aliphatic rings. The Labute approximate surface area is 96.6 Å². The Kier molecular flexibility index (Phi) is 2.92. The van der Waals surface area contributed by atoms with Crippen LogP contribution in [0.25, 0.3) is 5.57 Å². The normalized spacial score (nSPS) is 17.9. The Balaban J connectivity index is 2.35. The van der Waals surface area contributed by atoms with Gasteiger partial charge in [-0.2, -0.15) is 0 Å². The minimum Gasteiger partial charge on any atom is -0.461 e. The third-order valence-electron chi connectivity index (χ3n) is 2.45. The second-order valence-electron chi connectivity index (χ2n) is 3.67. The summed E-state index contributed by atoms with van der Waals surface area (Å²) < 4.78 is 16.7. The molecule has 1 aliphatic heterocycles. The lowest BCUT2D eigenvalue weighted by Crippen LogP contribution is -2.02. The molecule has 1 aromatic rings. The summed E-state index contributed by atoms with van der Waals surface area (Å²) in [7, 11) is -1.11. The average Bonchev–Trinajstić information content (AvgIpc) is 2.55. The molecule has 0 bridgehead atoms. The number of esters is 1. The third kappa shape index (κ3) is 1.93. The fourth-order valence-corrected chi connectivity index (χ4v) is 3.03. The van der Waals surface area contributed by atoms with E-state index in [2.05, 4.69) is 0 Å². The molecule has 1 aromatic carbocycles. The minimum atomic E-state index is -1.11. The lowest BCUT2D eigenvalue weighted by molar-refractivity contribution is -0.139. The highest BCUT2D eigenvalue weighted by Crippen LogP contribution is 2.33. The Morgan fingerprint density at radius 1 is 1.44 bits per heavy atom. The molecule has 0 aromatic heterocycles. The molecule has 1 atom stereocenters. The molecular weight excluding hydrogens is 224 g/mol. The number of carbonyl (C=O) groups is 1. The van der Waals surface area contributed by atoms with Gasteiger partial charge in [0.25, 0.3) is 0 Å². The van der Waals surface area contributed by atoms with Gasteiger partial charge in [-0.05, 0) is 18.6 Å². The molecule has 0 radical (unpaired) electrons. The maximum absolute atomic E-state index is 11.8. The number of fused-ring (bicyclic) bond motifs is 1. The monoisotopic (exact) mass is 236 g/mol. The van der Waals surface area contributed by atoms with E-state index in [0.717, 1.165) is 21.6 Å². The van der Waals surface area contributed by atoms with Crippen LogP contribution in [0.15, 0.2) is 28.5 Å². The lowest BCUT2D eigenvalue weighted by Gasteiger charge is -2.07. The van der Waals surface area contributed by atoms with Crippen molar-refractivity contribution in [2.24, 2.45) is 0 Å². The molecule has 0 amide bonds. The molecule has 1 heterocycles. The van der Waals surface area contributed by atoms with Crippen molar-refractivity contribution < 1.29 is 13.7 Å². The van der Waals surface area contributed by atoms with Gasteiger partial charge < -0.3 is 4.74 Å².